The van der Waals surface area contributed by atoms with Crippen LogP contribution in [-0.4, -0.2) is 19.0 Å². The number of carbonyl (C=O) groups is 2. The molecular formula is C22H19NO3. The fourth-order valence-corrected chi connectivity index (χ4v) is 2.68. The molecule has 3 aromatic carbocycles. The van der Waals surface area contributed by atoms with Gasteiger partial charge in [-0.25, -0.2) is 4.79 Å². The largest absolute Gasteiger partial charge is 0.465 e. The van der Waals surface area contributed by atoms with E-state index < -0.39 is 5.97 Å². The number of carbonyl (C=O) groups excluding carboxylic acids is 2. The number of anilines is 1. The minimum atomic E-state index is -0.433. The summed E-state index contributed by atoms with van der Waals surface area (Å²) in [4.78, 5) is 23.8. The maximum atomic E-state index is 12.3. The predicted molar refractivity (Wildman–Crippen MR) is 102 cm³/mol. The number of nitrogens with one attached hydrogen (secondary N) is 1. The third-order valence-electron chi connectivity index (χ3n) is 3.99. The summed E-state index contributed by atoms with van der Waals surface area (Å²) >= 11 is 0. The Labute approximate surface area is 152 Å². The third-order valence-corrected chi connectivity index (χ3v) is 3.99. The molecule has 3 aromatic rings. The number of methoxy groups -OCH3 is 1. The monoisotopic (exact) mass is 345 g/mol. The Balaban J connectivity index is 1.64. The molecule has 0 bridgehead atoms. The van der Waals surface area contributed by atoms with Gasteiger partial charge in [0.15, 0.2) is 0 Å². The Morgan fingerprint density at radius 3 is 2.23 bits per heavy atom. The molecule has 0 spiro atoms. The van der Waals surface area contributed by atoms with Gasteiger partial charge >= 0.3 is 5.97 Å². The van der Waals surface area contributed by atoms with Crippen LogP contribution in [0.3, 0.4) is 0 Å². The molecule has 1 N–H and O–H groups in total. The lowest BCUT2D eigenvalue weighted by molar-refractivity contribution is -0.115. The molecule has 0 aliphatic heterocycles. The molecule has 4 heteroatoms. The summed E-state index contributed by atoms with van der Waals surface area (Å²) in [6, 6.07) is 24.7. The predicted octanol–water partition coefficient (Wildman–Crippen LogP) is 4.32. The highest BCUT2D eigenvalue weighted by atomic mass is 16.5. The summed E-state index contributed by atoms with van der Waals surface area (Å²) in [5.74, 6) is -0.572. The van der Waals surface area contributed by atoms with Crippen molar-refractivity contribution in [1.82, 2.24) is 0 Å². The smallest absolute Gasteiger partial charge is 0.337 e. The second-order valence-corrected chi connectivity index (χ2v) is 5.86. The van der Waals surface area contributed by atoms with E-state index in [9.17, 15) is 9.59 Å². The van der Waals surface area contributed by atoms with E-state index in [0.29, 0.717) is 11.3 Å². The van der Waals surface area contributed by atoms with Crippen LogP contribution in [0.5, 0.6) is 0 Å². The van der Waals surface area contributed by atoms with E-state index >= 15 is 0 Å². The number of ether oxygens (including phenoxy) is 1. The van der Waals surface area contributed by atoms with Crippen LogP contribution >= 0.6 is 0 Å². The van der Waals surface area contributed by atoms with Crippen LogP contribution in [0, 0.1) is 0 Å². The lowest BCUT2D eigenvalue weighted by atomic mass is 10.0. The van der Waals surface area contributed by atoms with Crippen molar-refractivity contribution in [3.8, 4) is 11.1 Å². The van der Waals surface area contributed by atoms with Gasteiger partial charge in [0.2, 0.25) is 5.91 Å². The van der Waals surface area contributed by atoms with E-state index in [-0.39, 0.29) is 12.3 Å². The molecule has 0 aliphatic carbocycles. The first-order valence-electron chi connectivity index (χ1n) is 8.28. The van der Waals surface area contributed by atoms with Gasteiger partial charge in [0, 0.05) is 5.69 Å². The number of benzene rings is 3. The highest BCUT2D eigenvalue weighted by molar-refractivity contribution is 5.95. The maximum Gasteiger partial charge on any atom is 0.337 e. The van der Waals surface area contributed by atoms with Crippen molar-refractivity contribution in [3.63, 3.8) is 0 Å². The van der Waals surface area contributed by atoms with Crippen molar-refractivity contribution < 1.29 is 14.3 Å². The zero-order valence-electron chi connectivity index (χ0n) is 14.4. The number of esters is 1. The van der Waals surface area contributed by atoms with E-state index in [0.717, 1.165) is 16.7 Å². The van der Waals surface area contributed by atoms with Crippen LogP contribution in [0.4, 0.5) is 5.69 Å². The van der Waals surface area contributed by atoms with Crippen molar-refractivity contribution in [2.24, 2.45) is 0 Å². The number of rotatable bonds is 5. The summed E-state index contributed by atoms with van der Waals surface area (Å²) in [5.41, 5.74) is 4.14. The Hall–Kier alpha value is -3.40. The second-order valence-electron chi connectivity index (χ2n) is 5.86. The van der Waals surface area contributed by atoms with Crippen LogP contribution < -0.4 is 5.32 Å². The summed E-state index contributed by atoms with van der Waals surface area (Å²) in [7, 11) is 1.33. The SMILES string of the molecule is COC(=O)c1cccc(NC(=O)Cc2ccc(-c3ccccc3)cc2)c1. The van der Waals surface area contributed by atoms with E-state index in [2.05, 4.69) is 22.2 Å². The van der Waals surface area contributed by atoms with Crippen molar-refractivity contribution in [3.05, 3.63) is 90.0 Å². The Morgan fingerprint density at radius 2 is 1.54 bits per heavy atom. The van der Waals surface area contributed by atoms with Gasteiger partial charge in [-0.1, -0.05) is 60.7 Å². The summed E-state index contributed by atoms with van der Waals surface area (Å²) in [6.07, 6.45) is 0.261. The fraction of sp³-hybridized carbons (Fsp3) is 0.0909. The quantitative estimate of drug-likeness (QED) is 0.701. The van der Waals surface area contributed by atoms with Crippen LogP contribution in [0.1, 0.15) is 15.9 Å². The van der Waals surface area contributed by atoms with E-state index in [1.807, 2.05) is 42.5 Å². The van der Waals surface area contributed by atoms with Gasteiger partial charge in [0.25, 0.3) is 0 Å². The van der Waals surface area contributed by atoms with Crippen molar-refractivity contribution in [2.45, 2.75) is 6.42 Å². The van der Waals surface area contributed by atoms with Gasteiger partial charge < -0.3 is 10.1 Å². The first-order chi connectivity index (χ1) is 12.7. The Morgan fingerprint density at radius 1 is 0.846 bits per heavy atom. The van der Waals surface area contributed by atoms with E-state index in [4.69, 9.17) is 0 Å². The highest BCUT2D eigenvalue weighted by Crippen LogP contribution is 2.19. The van der Waals surface area contributed by atoms with Crippen molar-refractivity contribution in [1.29, 1.82) is 0 Å². The minimum absolute atomic E-state index is 0.139. The lowest BCUT2D eigenvalue weighted by Crippen LogP contribution is -2.14. The first-order valence-corrected chi connectivity index (χ1v) is 8.28. The average molecular weight is 345 g/mol. The molecule has 0 saturated carbocycles. The molecule has 0 unspecified atom stereocenters. The molecule has 4 nitrogen and oxygen atoms in total. The fourth-order valence-electron chi connectivity index (χ4n) is 2.68. The zero-order chi connectivity index (χ0) is 18.4. The van der Waals surface area contributed by atoms with Crippen LogP contribution in [-0.2, 0) is 16.0 Å². The molecule has 3 rings (SSSR count). The van der Waals surface area contributed by atoms with Gasteiger partial charge in [-0.2, -0.15) is 0 Å². The molecule has 0 aromatic heterocycles. The minimum Gasteiger partial charge on any atom is -0.465 e. The molecular weight excluding hydrogens is 326 g/mol. The van der Waals surface area contributed by atoms with Crippen LogP contribution in [0.25, 0.3) is 11.1 Å². The zero-order valence-corrected chi connectivity index (χ0v) is 14.4. The Kier molecular flexibility index (Phi) is 5.44. The van der Waals surface area contributed by atoms with E-state index in [1.54, 1.807) is 24.3 Å². The lowest BCUT2D eigenvalue weighted by Gasteiger charge is -2.08. The number of hydrogen-bond donors (Lipinski definition) is 1. The van der Waals surface area contributed by atoms with Gasteiger partial charge in [-0.3, -0.25) is 4.79 Å². The summed E-state index contributed by atoms with van der Waals surface area (Å²) in [6.45, 7) is 0. The normalized spacial score (nSPS) is 10.2. The van der Waals surface area contributed by atoms with E-state index in [1.165, 1.54) is 7.11 Å². The number of amides is 1. The van der Waals surface area contributed by atoms with Gasteiger partial charge in [-0.15, -0.1) is 0 Å². The molecule has 0 saturated heterocycles. The molecule has 0 heterocycles. The first kappa shape index (κ1) is 17.4. The molecule has 130 valence electrons. The highest BCUT2D eigenvalue weighted by Gasteiger charge is 2.08. The van der Waals surface area contributed by atoms with Crippen LogP contribution in [0.15, 0.2) is 78.9 Å². The Bertz CT molecular complexity index is 902. The topological polar surface area (TPSA) is 55.4 Å². The summed E-state index contributed by atoms with van der Waals surface area (Å²) in [5, 5.41) is 2.81. The van der Waals surface area contributed by atoms with Gasteiger partial charge in [0.1, 0.15) is 0 Å². The molecule has 26 heavy (non-hydrogen) atoms. The van der Waals surface area contributed by atoms with Gasteiger partial charge in [0.05, 0.1) is 19.1 Å². The van der Waals surface area contributed by atoms with Crippen molar-refractivity contribution in [2.75, 3.05) is 12.4 Å². The molecule has 1 amide bonds. The third kappa shape index (κ3) is 4.36. The van der Waals surface area contributed by atoms with Gasteiger partial charge in [-0.05, 0) is 34.9 Å². The maximum absolute atomic E-state index is 12.3. The standard InChI is InChI=1S/C22H19NO3/c1-26-22(25)19-8-5-9-20(15-19)23-21(24)14-16-10-12-18(13-11-16)17-6-3-2-4-7-17/h2-13,15H,14H2,1H3,(H,23,24). The van der Waals surface area contributed by atoms with Crippen LogP contribution in [0.2, 0.25) is 0 Å². The molecule has 0 fully saturated rings. The molecule has 0 atom stereocenters. The molecule has 0 aliphatic rings. The second kappa shape index (κ2) is 8.12. The average Bonchev–Trinajstić information content (AvgIpc) is 2.68. The molecule has 0 radical (unpaired) electrons. The summed E-state index contributed by atoms with van der Waals surface area (Å²) < 4.78 is 4.69. The van der Waals surface area contributed by atoms with Crippen molar-refractivity contribution >= 4 is 17.6 Å². The number of hydrogen-bond acceptors (Lipinski definition) is 3.